The molecule has 27 heavy (non-hydrogen) atoms. The number of aliphatic hydroxyl groups is 1. The molecule has 1 fully saturated rings. The Labute approximate surface area is 160 Å². The maximum Gasteiger partial charge on any atom is 0.309 e. The summed E-state index contributed by atoms with van der Waals surface area (Å²) in [5.41, 5.74) is 3.48. The fourth-order valence-corrected chi connectivity index (χ4v) is 4.70. The zero-order valence-corrected chi connectivity index (χ0v) is 16.6. The minimum atomic E-state index is -0.648. The second kappa shape index (κ2) is 7.23. The molecule has 2 unspecified atom stereocenters. The van der Waals surface area contributed by atoms with E-state index in [2.05, 4.69) is 27.7 Å². The summed E-state index contributed by atoms with van der Waals surface area (Å²) in [4.78, 5) is 11.6. The van der Waals surface area contributed by atoms with E-state index in [-0.39, 0.29) is 29.0 Å². The molecule has 2 atom stereocenters. The zero-order valence-electron chi connectivity index (χ0n) is 16.6. The van der Waals surface area contributed by atoms with E-state index < -0.39 is 12.2 Å². The molecule has 0 amide bonds. The van der Waals surface area contributed by atoms with Crippen molar-refractivity contribution < 1.29 is 19.0 Å². The number of carbonyl (C=O) groups excluding carboxylic acids is 1. The van der Waals surface area contributed by atoms with Gasteiger partial charge in [0, 0.05) is 6.42 Å². The topological polar surface area (TPSA) is 46.5 Å². The van der Waals surface area contributed by atoms with Crippen LogP contribution in [0.3, 0.4) is 0 Å². The molecule has 3 nitrogen and oxygen atoms in total. The molecule has 1 N–H and O–H groups in total. The average molecular weight is 372 g/mol. The molecule has 1 aliphatic carbocycles. The standard InChI is InChI=1S/C23H29FO3/c1-22(2)13-19(15-5-7-16(24)8-6-15)20(23(3,4)14-22)10-9-18-11-17(25)12-21(26)27-18/h5-10,17-18,25H,11-14H2,1-4H3. The summed E-state index contributed by atoms with van der Waals surface area (Å²) in [5, 5.41) is 9.83. The van der Waals surface area contributed by atoms with Gasteiger partial charge in [0.1, 0.15) is 11.9 Å². The predicted molar refractivity (Wildman–Crippen MR) is 104 cm³/mol. The Kier molecular flexibility index (Phi) is 5.31. The van der Waals surface area contributed by atoms with E-state index in [9.17, 15) is 14.3 Å². The van der Waals surface area contributed by atoms with Crippen molar-refractivity contribution in [3.05, 3.63) is 53.4 Å². The Morgan fingerprint density at radius 3 is 2.48 bits per heavy atom. The number of hydrogen-bond acceptors (Lipinski definition) is 3. The number of esters is 1. The van der Waals surface area contributed by atoms with Gasteiger partial charge in [-0.05, 0) is 58.6 Å². The number of hydrogen-bond donors (Lipinski definition) is 1. The lowest BCUT2D eigenvalue weighted by Gasteiger charge is -2.43. The number of allylic oxidation sites excluding steroid dienone is 3. The molecule has 2 aliphatic rings. The van der Waals surface area contributed by atoms with Gasteiger partial charge < -0.3 is 9.84 Å². The highest BCUT2D eigenvalue weighted by atomic mass is 19.1. The van der Waals surface area contributed by atoms with Crippen molar-refractivity contribution in [1.29, 1.82) is 0 Å². The summed E-state index contributed by atoms with van der Waals surface area (Å²) < 4.78 is 18.8. The van der Waals surface area contributed by atoms with Crippen molar-refractivity contribution in [3.8, 4) is 0 Å². The summed E-state index contributed by atoms with van der Waals surface area (Å²) in [6.45, 7) is 8.97. The molecule has 0 spiro atoms. The second-order valence-corrected chi connectivity index (χ2v) is 9.28. The van der Waals surface area contributed by atoms with Gasteiger partial charge in [0.25, 0.3) is 0 Å². The van der Waals surface area contributed by atoms with E-state index >= 15 is 0 Å². The number of rotatable bonds is 3. The van der Waals surface area contributed by atoms with Crippen molar-refractivity contribution in [1.82, 2.24) is 0 Å². The van der Waals surface area contributed by atoms with Gasteiger partial charge in [-0.2, -0.15) is 0 Å². The molecule has 1 aromatic rings. The summed E-state index contributed by atoms with van der Waals surface area (Å²) in [6, 6.07) is 6.66. The molecule has 1 aliphatic heterocycles. The number of carbonyl (C=O) groups is 1. The van der Waals surface area contributed by atoms with E-state index in [0.29, 0.717) is 6.42 Å². The van der Waals surface area contributed by atoms with Crippen LogP contribution in [0, 0.1) is 16.6 Å². The molecule has 3 rings (SSSR count). The van der Waals surface area contributed by atoms with Crippen LogP contribution in [0.4, 0.5) is 4.39 Å². The van der Waals surface area contributed by atoms with E-state index in [1.54, 1.807) is 0 Å². The molecule has 1 saturated heterocycles. The van der Waals surface area contributed by atoms with Crippen molar-refractivity contribution in [2.45, 2.75) is 65.6 Å². The maximum atomic E-state index is 13.4. The Morgan fingerprint density at radius 1 is 1.19 bits per heavy atom. The van der Waals surface area contributed by atoms with Crippen LogP contribution in [0.1, 0.15) is 58.9 Å². The maximum absolute atomic E-state index is 13.4. The number of benzene rings is 1. The molecular formula is C23H29FO3. The molecule has 0 bridgehead atoms. The SMILES string of the molecule is CC1(C)CC(c2ccc(F)cc2)=C(C=CC2CC(O)CC(=O)O2)C(C)(C)C1. The van der Waals surface area contributed by atoms with Gasteiger partial charge in [0.05, 0.1) is 12.5 Å². The van der Waals surface area contributed by atoms with E-state index in [4.69, 9.17) is 4.74 Å². The molecule has 1 heterocycles. The number of cyclic esters (lactones) is 1. The average Bonchev–Trinajstić information content (AvgIpc) is 2.51. The first-order chi connectivity index (χ1) is 12.6. The number of aliphatic hydroxyl groups excluding tert-OH is 1. The van der Waals surface area contributed by atoms with Crippen molar-refractivity contribution in [2.24, 2.45) is 10.8 Å². The van der Waals surface area contributed by atoms with Crippen LogP contribution in [0.5, 0.6) is 0 Å². The highest BCUT2D eigenvalue weighted by Gasteiger charge is 2.38. The van der Waals surface area contributed by atoms with Crippen molar-refractivity contribution in [3.63, 3.8) is 0 Å². The highest BCUT2D eigenvalue weighted by Crippen LogP contribution is 2.52. The highest BCUT2D eigenvalue weighted by molar-refractivity contribution is 5.74. The largest absolute Gasteiger partial charge is 0.458 e. The van der Waals surface area contributed by atoms with Crippen LogP contribution >= 0.6 is 0 Å². The zero-order chi connectivity index (χ0) is 19.8. The third-order valence-electron chi connectivity index (χ3n) is 5.49. The molecular weight excluding hydrogens is 343 g/mol. The van der Waals surface area contributed by atoms with Crippen LogP contribution in [0.2, 0.25) is 0 Å². The lowest BCUT2D eigenvalue weighted by Crippen LogP contribution is -2.32. The monoisotopic (exact) mass is 372 g/mol. The third kappa shape index (κ3) is 4.67. The van der Waals surface area contributed by atoms with Crippen molar-refractivity contribution in [2.75, 3.05) is 0 Å². The van der Waals surface area contributed by atoms with Crippen LogP contribution in [-0.4, -0.2) is 23.3 Å². The normalized spacial score (nSPS) is 27.7. The Bertz CT molecular complexity index is 771. The summed E-state index contributed by atoms with van der Waals surface area (Å²) >= 11 is 0. The van der Waals surface area contributed by atoms with Gasteiger partial charge in [0.2, 0.25) is 0 Å². The lowest BCUT2D eigenvalue weighted by atomic mass is 9.61. The second-order valence-electron chi connectivity index (χ2n) is 9.28. The molecule has 146 valence electrons. The van der Waals surface area contributed by atoms with E-state index in [1.165, 1.54) is 23.3 Å². The van der Waals surface area contributed by atoms with E-state index in [0.717, 1.165) is 18.4 Å². The summed E-state index contributed by atoms with van der Waals surface area (Å²) in [6.07, 6.45) is 5.29. The van der Waals surface area contributed by atoms with Gasteiger partial charge in [-0.3, -0.25) is 4.79 Å². The minimum Gasteiger partial charge on any atom is -0.458 e. The smallest absolute Gasteiger partial charge is 0.309 e. The molecule has 4 heteroatoms. The minimum absolute atomic E-state index is 0.0630. The van der Waals surface area contributed by atoms with E-state index in [1.807, 2.05) is 24.3 Å². The first kappa shape index (κ1) is 19.8. The molecule has 1 aromatic carbocycles. The van der Waals surface area contributed by atoms with Crippen LogP contribution in [0.25, 0.3) is 5.57 Å². The molecule has 0 radical (unpaired) electrons. The first-order valence-electron chi connectivity index (χ1n) is 9.61. The third-order valence-corrected chi connectivity index (χ3v) is 5.49. The van der Waals surface area contributed by atoms with Crippen LogP contribution in [-0.2, 0) is 9.53 Å². The lowest BCUT2D eigenvalue weighted by molar-refractivity contribution is -0.156. The summed E-state index contributed by atoms with van der Waals surface area (Å²) in [7, 11) is 0. The predicted octanol–water partition coefficient (Wildman–Crippen LogP) is 5.05. The Morgan fingerprint density at radius 2 is 1.85 bits per heavy atom. The van der Waals surface area contributed by atoms with Gasteiger partial charge in [-0.15, -0.1) is 0 Å². The van der Waals surface area contributed by atoms with Crippen molar-refractivity contribution >= 4 is 11.5 Å². The van der Waals surface area contributed by atoms with Gasteiger partial charge in [-0.1, -0.05) is 45.9 Å². The first-order valence-corrected chi connectivity index (χ1v) is 9.61. The Hall–Kier alpha value is -1.94. The van der Waals surface area contributed by atoms with Gasteiger partial charge in [0.15, 0.2) is 0 Å². The van der Waals surface area contributed by atoms with Gasteiger partial charge in [-0.25, -0.2) is 4.39 Å². The number of halogens is 1. The fourth-order valence-electron chi connectivity index (χ4n) is 4.70. The quantitative estimate of drug-likeness (QED) is 0.756. The molecule has 0 saturated carbocycles. The van der Waals surface area contributed by atoms with Crippen LogP contribution < -0.4 is 0 Å². The summed E-state index contributed by atoms with van der Waals surface area (Å²) in [5.74, 6) is -0.603. The fraction of sp³-hybridized carbons (Fsp3) is 0.522. The number of ether oxygens (including phenoxy) is 1. The van der Waals surface area contributed by atoms with Gasteiger partial charge >= 0.3 is 5.97 Å². The Balaban J connectivity index is 2.00. The van der Waals surface area contributed by atoms with Crippen LogP contribution in [0.15, 0.2) is 42.0 Å². The molecule has 0 aromatic heterocycles.